The molecule has 0 unspecified atom stereocenters. The van der Waals surface area contributed by atoms with E-state index in [1.165, 1.54) is 12.1 Å². The third-order valence-corrected chi connectivity index (χ3v) is 4.65. The lowest BCUT2D eigenvalue weighted by atomic mass is 9.97. The zero-order valence-corrected chi connectivity index (χ0v) is 16.2. The molecule has 0 aliphatic heterocycles. The fraction of sp³-hybridized carbons (Fsp3) is 0.136. The van der Waals surface area contributed by atoms with E-state index in [1.54, 1.807) is 31.6 Å². The smallest absolute Gasteiger partial charge is 0.387 e. The molecule has 152 valence electrons. The van der Waals surface area contributed by atoms with Crippen LogP contribution in [0.3, 0.4) is 0 Å². The number of aryl methyl sites for hydroxylation is 1. The summed E-state index contributed by atoms with van der Waals surface area (Å²) in [6, 6.07) is 10.9. The SMILES string of the molecule is CNc1nc(-c2cccnc2)nc2cc(C)c(-c3ccc(F)cc3OC(F)F)cc12. The lowest BCUT2D eigenvalue weighted by Crippen LogP contribution is -2.04. The topological polar surface area (TPSA) is 59.9 Å². The molecule has 2 aromatic heterocycles. The van der Waals surface area contributed by atoms with Crippen molar-refractivity contribution in [2.45, 2.75) is 13.5 Å². The van der Waals surface area contributed by atoms with Gasteiger partial charge in [0.05, 0.1) is 5.52 Å². The van der Waals surface area contributed by atoms with Crippen LogP contribution < -0.4 is 10.1 Å². The first kappa shape index (κ1) is 19.6. The molecule has 1 N–H and O–H groups in total. The molecule has 8 heteroatoms. The number of benzene rings is 2. The molecule has 30 heavy (non-hydrogen) atoms. The maximum absolute atomic E-state index is 13.6. The van der Waals surface area contributed by atoms with Crippen LogP contribution >= 0.6 is 0 Å². The molecule has 0 saturated heterocycles. The Bertz CT molecular complexity index is 1220. The molecular weight excluding hydrogens is 393 g/mol. The van der Waals surface area contributed by atoms with E-state index in [0.29, 0.717) is 33.7 Å². The monoisotopic (exact) mass is 410 g/mol. The molecule has 0 aliphatic carbocycles. The summed E-state index contributed by atoms with van der Waals surface area (Å²) in [7, 11) is 1.73. The van der Waals surface area contributed by atoms with E-state index in [-0.39, 0.29) is 5.75 Å². The van der Waals surface area contributed by atoms with Crippen molar-refractivity contribution < 1.29 is 17.9 Å². The first-order chi connectivity index (χ1) is 14.5. The van der Waals surface area contributed by atoms with Gasteiger partial charge >= 0.3 is 6.61 Å². The number of ether oxygens (including phenoxy) is 1. The molecule has 5 nitrogen and oxygen atoms in total. The van der Waals surface area contributed by atoms with Crippen molar-refractivity contribution in [2.75, 3.05) is 12.4 Å². The third kappa shape index (κ3) is 3.76. The first-order valence-corrected chi connectivity index (χ1v) is 9.11. The molecule has 2 heterocycles. The van der Waals surface area contributed by atoms with E-state index in [4.69, 9.17) is 0 Å². The van der Waals surface area contributed by atoms with E-state index in [9.17, 15) is 13.2 Å². The summed E-state index contributed by atoms with van der Waals surface area (Å²) < 4.78 is 43.9. The van der Waals surface area contributed by atoms with Gasteiger partial charge in [0.25, 0.3) is 0 Å². The highest BCUT2D eigenvalue weighted by atomic mass is 19.3. The maximum atomic E-state index is 13.6. The number of nitrogens with zero attached hydrogens (tertiary/aromatic N) is 3. The Labute approximate surface area is 170 Å². The van der Waals surface area contributed by atoms with E-state index in [1.807, 2.05) is 19.1 Å². The maximum Gasteiger partial charge on any atom is 0.387 e. The lowest BCUT2D eigenvalue weighted by molar-refractivity contribution is -0.0496. The second-order valence-corrected chi connectivity index (χ2v) is 6.59. The zero-order valence-electron chi connectivity index (χ0n) is 16.2. The Kier molecular flexibility index (Phi) is 5.22. The number of aromatic nitrogens is 3. The zero-order chi connectivity index (χ0) is 21.3. The molecule has 0 atom stereocenters. The first-order valence-electron chi connectivity index (χ1n) is 9.11. The number of hydrogen-bond donors (Lipinski definition) is 1. The molecule has 0 radical (unpaired) electrons. The molecule has 4 rings (SSSR count). The van der Waals surface area contributed by atoms with Gasteiger partial charge in [0.2, 0.25) is 0 Å². The van der Waals surface area contributed by atoms with Crippen molar-refractivity contribution in [3.63, 3.8) is 0 Å². The summed E-state index contributed by atoms with van der Waals surface area (Å²) >= 11 is 0. The van der Waals surface area contributed by atoms with Crippen LogP contribution in [0.15, 0.2) is 54.9 Å². The van der Waals surface area contributed by atoms with Gasteiger partial charge in [-0.05, 0) is 54.4 Å². The Morgan fingerprint density at radius 2 is 1.87 bits per heavy atom. The number of rotatable bonds is 5. The van der Waals surface area contributed by atoms with Crippen molar-refractivity contribution in [1.29, 1.82) is 0 Å². The minimum Gasteiger partial charge on any atom is -0.434 e. The van der Waals surface area contributed by atoms with Crippen LogP contribution in [-0.2, 0) is 0 Å². The predicted molar refractivity (Wildman–Crippen MR) is 109 cm³/mol. The van der Waals surface area contributed by atoms with Crippen LogP contribution in [0.1, 0.15) is 5.56 Å². The number of nitrogens with one attached hydrogen (secondary N) is 1. The van der Waals surface area contributed by atoms with Gasteiger partial charge < -0.3 is 10.1 Å². The van der Waals surface area contributed by atoms with Crippen LogP contribution in [-0.4, -0.2) is 28.6 Å². The van der Waals surface area contributed by atoms with Crippen LogP contribution in [0.5, 0.6) is 5.75 Å². The molecule has 0 amide bonds. The van der Waals surface area contributed by atoms with Crippen molar-refractivity contribution in [3.8, 4) is 28.3 Å². The summed E-state index contributed by atoms with van der Waals surface area (Å²) in [6.07, 6.45) is 3.34. The quantitative estimate of drug-likeness (QED) is 0.474. The molecule has 0 spiro atoms. The number of anilines is 1. The van der Waals surface area contributed by atoms with Gasteiger partial charge in [-0.1, -0.05) is 0 Å². The summed E-state index contributed by atoms with van der Waals surface area (Å²) in [4.78, 5) is 13.3. The number of hydrogen-bond acceptors (Lipinski definition) is 5. The lowest BCUT2D eigenvalue weighted by Gasteiger charge is -2.15. The van der Waals surface area contributed by atoms with Gasteiger partial charge in [0.1, 0.15) is 17.4 Å². The van der Waals surface area contributed by atoms with Gasteiger partial charge in [-0.25, -0.2) is 14.4 Å². The fourth-order valence-corrected chi connectivity index (χ4v) is 3.30. The average molecular weight is 410 g/mol. The third-order valence-electron chi connectivity index (χ3n) is 4.65. The van der Waals surface area contributed by atoms with Crippen molar-refractivity contribution in [2.24, 2.45) is 0 Å². The van der Waals surface area contributed by atoms with Gasteiger partial charge in [-0.15, -0.1) is 0 Å². The summed E-state index contributed by atoms with van der Waals surface area (Å²) in [5.74, 6) is 0.189. The molecule has 0 aliphatic rings. The van der Waals surface area contributed by atoms with Crippen LogP contribution in [0, 0.1) is 12.7 Å². The molecule has 0 saturated carbocycles. The highest BCUT2D eigenvalue weighted by molar-refractivity contribution is 5.95. The van der Waals surface area contributed by atoms with Crippen molar-refractivity contribution >= 4 is 16.7 Å². The Morgan fingerprint density at radius 1 is 1.03 bits per heavy atom. The minimum absolute atomic E-state index is 0.230. The van der Waals surface area contributed by atoms with Crippen molar-refractivity contribution in [1.82, 2.24) is 15.0 Å². The van der Waals surface area contributed by atoms with Gasteiger partial charge in [0, 0.05) is 42.0 Å². The highest BCUT2D eigenvalue weighted by Gasteiger charge is 2.17. The average Bonchev–Trinajstić information content (AvgIpc) is 2.73. The number of pyridine rings is 1. The second kappa shape index (κ2) is 7.98. The molecule has 4 aromatic rings. The highest BCUT2D eigenvalue weighted by Crippen LogP contribution is 2.37. The Balaban J connectivity index is 1.91. The van der Waals surface area contributed by atoms with Crippen LogP contribution in [0.2, 0.25) is 0 Å². The second-order valence-electron chi connectivity index (χ2n) is 6.59. The Hall–Kier alpha value is -3.68. The molecule has 0 bridgehead atoms. The largest absolute Gasteiger partial charge is 0.434 e. The van der Waals surface area contributed by atoms with Gasteiger partial charge in [0.15, 0.2) is 5.82 Å². The van der Waals surface area contributed by atoms with Gasteiger partial charge in [-0.2, -0.15) is 8.78 Å². The number of fused-ring (bicyclic) bond motifs is 1. The van der Waals surface area contributed by atoms with E-state index in [2.05, 4.69) is 25.0 Å². The molecule has 2 aromatic carbocycles. The summed E-state index contributed by atoms with van der Waals surface area (Å²) in [5, 5.41) is 3.74. The van der Waals surface area contributed by atoms with E-state index < -0.39 is 12.4 Å². The molecule has 0 fully saturated rings. The number of halogens is 3. The molecular formula is C22H17F3N4O. The summed E-state index contributed by atoms with van der Waals surface area (Å²) in [5.41, 5.74) is 3.18. The minimum atomic E-state index is -3.07. The normalized spacial score (nSPS) is 11.1. The van der Waals surface area contributed by atoms with E-state index in [0.717, 1.165) is 17.2 Å². The van der Waals surface area contributed by atoms with Crippen LogP contribution in [0.4, 0.5) is 19.0 Å². The van der Waals surface area contributed by atoms with Crippen molar-refractivity contribution in [3.05, 3.63) is 66.2 Å². The summed E-state index contributed by atoms with van der Waals surface area (Å²) in [6.45, 7) is -1.24. The van der Waals surface area contributed by atoms with Gasteiger partial charge in [-0.3, -0.25) is 4.98 Å². The Morgan fingerprint density at radius 3 is 2.57 bits per heavy atom. The number of alkyl halides is 2. The van der Waals surface area contributed by atoms with Crippen LogP contribution in [0.25, 0.3) is 33.4 Å². The fourth-order valence-electron chi connectivity index (χ4n) is 3.30. The standard InChI is InChI=1S/C22H17F3N4O/c1-12-8-18-17(21(26-2)29-20(28-18)13-4-3-7-27-11-13)10-16(12)15-6-5-14(23)9-19(15)30-22(24)25/h3-11,22H,1-2H3,(H,26,28,29). The van der Waals surface area contributed by atoms with E-state index >= 15 is 0 Å². The predicted octanol–water partition coefficient (Wildman–Crippen LogP) is 5.45.